The number of pyridine rings is 1. The maximum atomic E-state index is 10.9. The number of hydrogen-bond acceptors (Lipinski definition) is 5. The molecule has 19 heavy (non-hydrogen) atoms. The minimum absolute atomic E-state index is 0.0678. The van der Waals surface area contributed by atoms with Gasteiger partial charge in [0.2, 0.25) is 17.6 Å². The molecular formula is C12H14N5O2+. The number of aliphatic imine (C=N–C) groups is 1. The molecule has 0 unspecified atom stereocenters. The lowest BCUT2D eigenvalue weighted by Gasteiger charge is -2.05. The minimum atomic E-state index is -0.167. The molecule has 98 valence electrons. The monoisotopic (exact) mass is 260 g/mol. The van der Waals surface area contributed by atoms with Crippen LogP contribution < -0.4 is 10.6 Å². The molecular weight excluding hydrogens is 246 g/mol. The third-order valence-electron chi connectivity index (χ3n) is 2.28. The van der Waals surface area contributed by atoms with Gasteiger partial charge in [-0.25, -0.2) is 10.3 Å². The lowest BCUT2D eigenvalue weighted by molar-refractivity contribution is -0.509. The number of anilines is 1. The summed E-state index contributed by atoms with van der Waals surface area (Å²) in [5.74, 6) is 1.10. The summed E-state index contributed by atoms with van der Waals surface area (Å²) in [6.07, 6.45) is 3.03. The van der Waals surface area contributed by atoms with E-state index in [-0.39, 0.29) is 11.8 Å². The predicted molar refractivity (Wildman–Crippen MR) is 69.6 cm³/mol. The first kappa shape index (κ1) is 12.9. The van der Waals surface area contributed by atoms with Crippen molar-refractivity contribution < 1.29 is 14.8 Å². The van der Waals surface area contributed by atoms with Gasteiger partial charge in [0.05, 0.1) is 11.9 Å². The summed E-state index contributed by atoms with van der Waals surface area (Å²) in [7, 11) is 0. The Bertz CT molecular complexity index is 574. The maximum Gasteiger partial charge on any atom is 0.320 e. The Morgan fingerprint density at radius 3 is 2.79 bits per heavy atom. The van der Waals surface area contributed by atoms with Crippen LogP contribution in [0.3, 0.4) is 0 Å². The number of ether oxygens (including phenoxy) is 1. The molecule has 2 heterocycles. The van der Waals surface area contributed by atoms with Crippen LogP contribution in [-0.4, -0.2) is 22.6 Å². The molecule has 0 saturated carbocycles. The summed E-state index contributed by atoms with van der Waals surface area (Å²) < 4.78 is 5.31. The van der Waals surface area contributed by atoms with Crippen LogP contribution in [0.5, 0.6) is 0 Å². The summed E-state index contributed by atoms with van der Waals surface area (Å²) in [6.45, 7) is 3.26. The van der Waals surface area contributed by atoms with E-state index in [0.29, 0.717) is 17.3 Å². The molecule has 0 radical (unpaired) electrons. The van der Waals surface area contributed by atoms with Crippen molar-refractivity contribution >= 4 is 23.3 Å². The number of nitrogens with one attached hydrogen (secondary N) is 2. The van der Waals surface area contributed by atoms with Crippen LogP contribution in [-0.2, 0) is 9.53 Å². The topological polar surface area (TPSA) is 104 Å². The second-order valence-corrected chi connectivity index (χ2v) is 3.99. The quantitative estimate of drug-likeness (QED) is 0.533. The van der Waals surface area contributed by atoms with E-state index in [1.807, 2.05) is 6.92 Å². The Morgan fingerprint density at radius 2 is 2.26 bits per heavy atom. The smallest absolute Gasteiger partial charge is 0.320 e. The third-order valence-corrected chi connectivity index (χ3v) is 2.28. The molecule has 0 atom stereocenters. The Kier molecular flexibility index (Phi) is 3.67. The number of amidine groups is 1. The Balaban J connectivity index is 1.98. The van der Waals surface area contributed by atoms with Crippen molar-refractivity contribution in [1.29, 1.82) is 5.41 Å². The molecule has 0 aliphatic carbocycles. The van der Waals surface area contributed by atoms with Gasteiger partial charge in [-0.2, -0.15) is 4.99 Å². The number of carbonyl (C=O) groups excluding carboxylic acids is 1. The van der Waals surface area contributed by atoms with Gasteiger partial charge in [-0.3, -0.25) is 10.2 Å². The van der Waals surface area contributed by atoms with Crippen molar-refractivity contribution in [2.45, 2.75) is 13.8 Å². The zero-order chi connectivity index (χ0) is 13.8. The highest BCUT2D eigenvalue weighted by atomic mass is 16.5. The number of carbonyl (C=O) groups is 1. The standard InChI is InChI=1S/C12H13N5O2/c1-7-14-6-11(16-7)19-12(13)10-4-3-9(5-15-10)17-8(2)18/h3-6,13H,1-2H3,(H,14,16)(H,17,18)/p+1. The van der Waals surface area contributed by atoms with E-state index >= 15 is 0 Å². The van der Waals surface area contributed by atoms with Crippen molar-refractivity contribution in [2.24, 2.45) is 4.99 Å². The minimum Gasteiger partial charge on any atom is -0.390 e. The molecule has 4 N–H and O–H groups in total. The van der Waals surface area contributed by atoms with Gasteiger partial charge in [0.25, 0.3) is 0 Å². The summed E-state index contributed by atoms with van der Waals surface area (Å²) in [5.41, 5.74) is 0.961. The highest BCUT2D eigenvalue weighted by Gasteiger charge is 2.16. The van der Waals surface area contributed by atoms with Crippen molar-refractivity contribution in [2.75, 3.05) is 5.32 Å². The van der Waals surface area contributed by atoms with Gasteiger partial charge >= 0.3 is 5.88 Å². The van der Waals surface area contributed by atoms with E-state index in [0.717, 1.165) is 5.84 Å². The van der Waals surface area contributed by atoms with Crippen LogP contribution in [0, 0.1) is 5.41 Å². The number of nitrogens with zero attached hydrogens (tertiary/aromatic N) is 2. The Hall–Kier alpha value is -2.54. The number of nitrogens with two attached hydrogens (primary N) is 1. The van der Waals surface area contributed by atoms with E-state index in [1.54, 1.807) is 23.6 Å². The first-order valence-electron chi connectivity index (χ1n) is 5.64. The van der Waals surface area contributed by atoms with E-state index in [1.165, 1.54) is 13.1 Å². The number of rotatable bonds is 3. The molecule has 0 saturated heterocycles. The van der Waals surface area contributed by atoms with Crippen LogP contribution in [0.25, 0.3) is 0 Å². The molecule has 1 aliphatic rings. The van der Waals surface area contributed by atoms with E-state index in [2.05, 4.69) is 15.3 Å². The van der Waals surface area contributed by atoms with Crippen LogP contribution >= 0.6 is 0 Å². The fourth-order valence-electron chi connectivity index (χ4n) is 1.48. The molecule has 1 aromatic rings. The fraction of sp³-hybridized carbons (Fsp3) is 0.167. The predicted octanol–water partition coefficient (Wildman–Crippen LogP) is 0.176. The van der Waals surface area contributed by atoms with Crippen LogP contribution in [0.2, 0.25) is 0 Å². The van der Waals surface area contributed by atoms with Gasteiger partial charge in [-0.05, 0) is 12.1 Å². The summed E-state index contributed by atoms with van der Waals surface area (Å²) in [6, 6.07) is 3.27. The largest absolute Gasteiger partial charge is 0.390 e. The molecule has 0 spiro atoms. The van der Waals surface area contributed by atoms with Crippen molar-refractivity contribution in [3.8, 4) is 0 Å². The highest BCUT2D eigenvalue weighted by Crippen LogP contribution is 2.08. The summed E-state index contributed by atoms with van der Waals surface area (Å²) in [5, 5.41) is 12.1. The number of quaternary nitrogens is 1. The molecule has 7 heteroatoms. The number of aromatic nitrogens is 1. The third kappa shape index (κ3) is 3.46. The summed E-state index contributed by atoms with van der Waals surface area (Å²) >= 11 is 0. The van der Waals surface area contributed by atoms with E-state index in [9.17, 15) is 4.79 Å². The van der Waals surface area contributed by atoms with E-state index in [4.69, 9.17) is 10.1 Å². The van der Waals surface area contributed by atoms with Gasteiger partial charge < -0.3 is 10.1 Å². The lowest BCUT2D eigenvalue weighted by atomic mass is 10.3. The molecule has 2 rings (SSSR count). The van der Waals surface area contributed by atoms with Gasteiger partial charge in [0, 0.05) is 13.8 Å². The van der Waals surface area contributed by atoms with Gasteiger partial charge in [0.15, 0.2) is 0 Å². The average molecular weight is 260 g/mol. The first-order valence-corrected chi connectivity index (χ1v) is 5.64. The van der Waals surface area contributed by atoms with Crippen molar-refractivity contribution in [3.63, 3.8) is 0 Å². The highest BCUT2D eigenvalue weighted by molar-refractivity contribution is 5.92. The molecule has 7 nitrogen and oxygen atoms in total. The van der Waals surface area contributed by atoms with Crippen LogP contribution in [0.4, 0.5) is 5.69 Å². The second kappa shape index (κ2) is 5.40. The maximum absolute atomic E-state index is 10.9. The summed E-state index contributed by atoms with van der Waals surface area (Å²) in [4.78, 5) is 18.9. The van der Waals surface area contributed by atoms with Crippen LogP contribution in [0.15, 0.2) is 35.4 Å². The van der Waals surface area contributed by atoms with Gasteiger partial charge in [-0.15, -0.1) is 0 Å². The van der Waals surface area contributed by atoms with E-state index < -0.39 is 0 Å². The average Bonchev–Trinajstić information content (AvgIpc) is 2.75. The van der Waals surface area contributed by atoms with Gasteiger partial charge in [0.1, 0.15) is 11.9 Å². The molecule has 0 fully saturated rings. The van der Waals surface area contributed by atoms with Crippen LogP contribution in [0.1, 0.15) is 19.5 Å². The van der Waals surface area contributed by atoms with Crippen molar-refractivity contribution in [3.05, 3.63) is 36.1 Å². The zero-order valence-electron chi connectivity index (χ0n) is 10.6. The molecule has 1 aromatic heterocycles. The molecule has 0 bridgehead atoms. The Labute approximate surface area is 109 Å². The normalized spacial score (nSPS) is 13.6. The zero-order valence-corrected chi connectivity index (χ0v) is 10.6. The lowest BCUT2D eigenvalue weighted by Crippen LogP contribution is -2.84. The molecule has 0 aromatic carbocycles. The second-order valence-electron chi connectivity index (χ2n) is 3.99. The SMILES string of the molecule is CC(=O)Nc1ccc(C(=N)OC2=CN=C(C)[NH2+]2)nc1. The fourth-order valence-corrected chi connectivity index (χ4v) is 1.48. The number of hydrogen-bond donors (Lipinski definition) is 3. The van der Waals surface area contributed by atoms with Gasteiger partial charge in [-0.1, -0.05) is 0 Å². The number of amides is 1. The molecule has 1 aliphatic heterocycles. The van der Waals surface area contributed by atoms with Crippen molar-refractivity contribution in [1.82, 2.24) is 4.98 Å². The Morgan fingerprint density at radius 1 is 1.47 bits per heavy atom. The molecule has 1 amide bonds. The first-order chi connectivity index (χ1) is 9.04.